The summed E-state index contributed by atoms with van der Waals surface area (Å²) in [5, 5.41) is 17.7. The lowest BCUT2D eigenvalue weighted by atomic mass is 9.99. The Bertz CT molecular complexity index is 167. The molecule has 0 bridgehead atoms. The molecule has 0 saturated carbocycles. The van der Waals surface area contributed by atoms with Gasteiger partial charge in [-0.05, 0) is 5.92 Å². The van der Waals surface area contributed by atoms with Crippen LogP contribution in [-0.2, 0) is 0 Å². The SMILES string of the molecule is CC(C)[C@@H](C#N)N1CC(O)C1. The second-order valence-corrected chi connectivity index (χ2v) is 3.43. The van der Waals surface area contributed by atoms with Gasteiger partial charge in [0.1, 0.15) is 6.04 Å². The molecule has 11 heavy (non-hydrogen) atoms. The molecule has 1 N–H and O–H groups in total. The van der Waals surface area contributed by atoms with Crippen LogP contribution in [0.15, 0.2) is 0 Å². The monoisotopic (exact) mass is 154 g/mol. The van der Waals surface area contributed by atoms with Crippen molar-refractivity contribution < 1.29 is 5.11 Å². The molecule has 3 nitrogen and oxygen atoms in total. The molecule has 3 heteroatoms. The maximum Gasteiger partial charge on any atom is 0.100 e. The third-order valence-corrected chi connectivity index (χ3v) is 2.05. The van der Waals surface area contributed by atoms with E-state index in [4.69, 9.17) is 10.4 Å². The second-order valence-electron chi connectivity index (χ2n) is 3.43. The minimum atomic E-state index is -0.204. The lowest BCUT2D eigenvalue weighted by Gasteiger charge is -2.40. The summed E-state index contributed by atoms with van der Waals surface area (Å²) in [6.07, 6.45) is -0.204. The van der Waals surface area contributed by atoms with E-state index in [0.29, 0.717) is 19.0 Å². The zero-order valence-electron chi connectivity index (χ0n) is 6.99. The van der Waals surface area contributed by atoms with Gasteiger partial charge < -0.3 is 5.11 Å². The van der Waals surface area contributed by atoms with Crippen LogP contribution in [0.2, 0.25) is 0 Å². The third kappa shape index (κ3) is 1.70. The van der Waals surface area contributed by atoms with E-state index in [2.05, 4.69) is 6.07 Å². The van der Waals surface area contributed by atoms with Gasteiger partial charge in [-0.2, -0.15) is 5.26 Å². The fraction of sp³-hybridized carbons (Fsp3) is 0.875. The van der Waals surface area contributed by atoms with Crippen LogP contribution in [0, 0.1) is 17.2 Å². The van der Waals surface area contributed by atoms with E-state index in [-0.39, 0.29) is 12.1 Å². The number of aliphatic hydroxyl groups is 1. The van der Waals surface area contributed by atoms with E-state index in [1.54, 1.807) is 0 Å². The van der Waals surface area contributed by atoms with Crippen molar-refractivity contribution in [3.63, 3.8) is 0 Å². The number of aliphatic hydroxyl groups excluding tert-OH is 1. The summed E-state index contributed by atoms with van der Waals surface area (Å²) in [6.45, 7) is 5.38. The molecular weight excluding hydrogens is 140 g/mol. The lowest BCUT2D eigenvalue weighted by Crippen LogP contribution is -2.56. The summed E-state index contributed by atoms with van der Waals surface area (Å²) < 4.78 is 0. The molecule has 0 radical (unpaired) electrons. The van der Waals surface area contributed by atoms with Crippen LogP contribution in [0.1, 0.15) is 13.8 Å². The Labute approximate surface area is 67.2 Å². The maximum absolute atomic E-state index is 8.99. The molecule has 1 rings (SSSR count). The number of β-amino-alcohol motifs (C(OH)–C–C–N with tert-alkyl or cyclic N) is 1. The summed E-state index contributed by atoms with van der Waals surface area (Å²) in [4.78, 5) is 2.01. The Kier molecular flexibility index (Phi) is 2.48. The summed E-state index contributed by atoms with van der Waals surface area (Å²) in [5.41, 5.74) is 0. The topological polar surface area (TPSA) is 47.3 Å². The van der Waals surface area contributed by atoms with Gasteiger partial charge in [0.2, 0.25) is 0 Å². The molecule has 0 spiro atoms. The van der Waals surface area contributed by atoms with Crippen molar-refractivity contribution >= 4 is 0 Å². The highest BCUT2D eigenvalue weighted by Crippen LogP contribution is 2.17. The number of rotatable bonds is 2. The van der Waals surface area contributed by atoms with Crippen molar-refractivity contribution in [1.29, 1.82) is 5.26 Å². The number of likely N-dealkylation sites (tertiary alicyclic amines) is 1. The number of hydrogen-bond donors (Lipinski definition) is 1. The number of nitrogens with zero attached hydrogens (tertiary/aromatic N) is 2. The molecule has 1 aliphatic rings. The molecule has 0 amide bonds. The summed E-state index contributed by atoms with van der Waals surface area (Å²) in [5.74, 6) is 0.354. The molecule has 1 saturated heterocycles. The van der Waals surface area contributed by atoms with Crippen LogP contribution >= 0.6 is 0 Å². The van der Waals surface area contributed by atoms with Crippen molar-refractivity contribution in [2.75, 3.05) is 13.1 Å². The van der Waals surface area contributed by atoms with Crippen molar-refractivity contribution in [3.8, 4) is 6.07 Å². The van der Waals surface area contributed by atoms with Gasteiger partial charge in [-0.25, -0.2) is 0 Å². The van der Waals surface area contributed by atoms with E-state index in [1.807, 2.05) is 18.7 Å². The third-order valence-electron chi connectivity index (χ3n) is 2.05. The van der Waals surface area contributed by atoms with E-state index < -0.39 is 0 Å². The van der Waals surface area contributed by atoms with Gasteiger partial charge in [0, 0.05) is 13.1 Å². The Balaban J connectivity index is 2.40. The van der Waals surface area contributed by atoms with E-state index in [9.17, 15) is 0 Å². The molecule has 62 valence electrons. The van der Waals surface area contributed by atoms with Crippen molar-refractivity contribution in [3.05, 3.63) is 0 Å². The first-order valence-electron chi connectivity index (χ1n) is 3.97. The molecule has 0 aromatic heterocycles. The predicted octanol–water partition coefficient (Wildman–Crippen LogP) is 0.211. The van der Waals surface area contributed by atoms with E-state index in [0.717, 1.165) is 0 Å². The van der Waals surface area contributed by atoms with Crippen molar-refractivity contribution in [2.24, 2.45) is 5.92 Å². The summed E-state index contributed by atoms with van der Waals surface area (Å²) in [6, 6.07) is 2.22. The predicted molar refractivity (Wildman–Crippen MR) is 41.8 cm³/mol. The number of nitriles is 1. The van der Waals surface area contributed by atoms with Crippen LogP contribution in [-0.4, -0.2) is 35.2 Å². The average molecular weight is 154 g/mol. The van der Waals surface area contributed by atoms with E-state index in [1.165, 1.54) is 0 Å². The Morgan fingerprint density at radius 3 is 2.36 bits per heavy atom. The highest BCUT2D eigenvalue weighted by Gasteiger charge is 2.32. The maximum atomic E-state index is 8.99. The smallest absolute Gasteiger partial charge is 0.100 e. The first-order valence-corrected chi connectivity index (χ1v) is 3.97. The average Bonchev–Trinajstić information content (AvgIpc) is 1.85. The standard InChI is InChI=1S/C8H14N2O/c1-6(2)8(3-9)10-4-7(11)5-10/h6-8,11H,4-5H2,1-2H3/t8-/m1/s1. The highest BCUT2D eigenvalue weighted by atomic mass is 16.3. The molecular formula is C8H14N2O. The molecule has 1 aliphatic heterocycles. The van der Waals surface area contributed by atoms with Gasteiger partial charge in [0.05, 0.1) is 12.2 Å². The zero-order valence-corrected chi connectivity index (χ0v) is 6.99. The second kappa shape index (κ2) is 3.21. The van der Waals surface area contributed by atoms with Gasteiger partial charge in [0.25, 0.3) is 0 Å². The van der Waals surface area contributed by atoms with Gasteiger partial charge in [-0.1, -0.05) is 13.8 Å². The van der Waals surface area contributed by atoms with Gasteiger partial charge in [0.15, 0.2) is 0 Å². The molecule has 1 atom stereocenters. The molecule has 0 aromatic rings. The summed E-state index contributed by atoms with van der Waals surface area (Å²) >= 11 is 0. The fourth-order valence-electron chi connectivity index (χ4n) is 1.37. The molecule has 1 fully saturated rings. The Hall–Kier alpha value is -0.590. The first-order chi connectivity index (χ1) is 5.15. The first kappa shape index (κ1) is 8.51. The minimum Gasteiger partial charge on any atom is -0.390 e. The van der Waals surface area contributed by atoms with Crippen molar-refractivity contribution in [1.82, 2.24) is 4.90 Å². The molecule has 0 unspecified atom stereocenters. The molecule has 0 aliphatic carbocycles. The van der Waals surface area contributed by atoms with Gasteiger partial charge in [-0.15, -0.1) is 0 Å². The van der Waals surface area contributed by atoms with Crippen LogP contribution in [0.25, 0.3) is 0 Å². The van der Waals surface area contributed by atoms with Crippen LogP contribution in [0.4, 0.5) is 0 Å². The quantitative estimate of drug-likeness (QED) is 0.618. The van der Waals surface area contributed by atoms with Crippen LogP contribution in [0.3, 0.4) is 0 Å². The molecule has 1 heterocycles. The molecule has 0 aromatic carbocycles. The number of hydrogen-bond acceptors (Lipinski definition) is 3. The van der Waals surface area contributed by atoms with E-state index >= 15 is 0 Å². The Morgan fingerprint density at radius 2 is 2.09 bits per heavy atom. The fourth-order valence-corrected chi connectivity index (χ4v) is 1.37. The lowest BCUT2D eigenvalue weighted by molar-refractivity contribution is -0.0212. The normalized spacial score (nSPS) is 22.8. The highest BCUT2D eigenvalue weighted by molar-refractivity contribution is 4.98. The van der Waals surface area contributed by atoms with Gasteiger partial charge in [-0.3, -0.25) is 4.90 Å². The minimum absolute atomic E-state index is 0.0154. The van der Waals surface area contributed by atoms with Crippen molar-refractivity contribution in [2.45, 2.75) is 26.0 Å². The largest absolute Gasteiger partial charge is 0.390 e. The van der Waals surface area contributed by atoms with Crippen LogP contribution in [0.5, 0.6) is 0 Å². The Morgan fingerprint density at radius 1 is 1.55 bits per heavy atom. The zero-order chi connectivity index (χ0) is 8.43. The summed E-state index contributed by atoms with van der Waals surface area (Å²) in [7, 11) is 0. The van der Waals surface area contributed by atoms with Crippen LogP contribution < -0.4 is 0 Å². The van der Waals surface area contributed by atoms with Gasteiger partial charge >= 0.3 is 0 Å².